The zero-order valence-corrected chi connectivity index (χ0v) is 13.1. The van der Waals surface area contributed by atoms with Crippen LogP contribution in [0.2, 0.25) is 0 Å². The van der Waals surface area contributed by atoms with E-state index in [1.54, 1.807) is 0 Å². The molecule has 0 aromatic heterocycles. The lowest BCUT2D eigenvalue weighted by Gasteiger charge is -2.18. The normalized spacial score (nSPS) is 12.5. The quantitative estimate of drug-likeness (QED) is 0.793. The van der Waals surface area contributed by atoms with Crippen molar-refractivity contribution in [2.24, 2.45) is 5.92 Å². The van der Waals surface area contributed by atoms with Gasteiger partial charge in [0, 0.05) is 11.9 Å². The van der Waals surface area contributed by atoms with Crippen LogP contribution >= 0.6 is 11.6 Å². The van der Waals surface area contributed by atoms with E-state index in [2.05, 4.69) is 37.4 Å². The molecule has 1 atom stereocenters. The number of amides is 1. The van der Waals surface area contributed by atoms with Gasteiger partial charge in [0.25, 0.3) is 0 Å². The van der Waals surface area contributed by atoms with E-state index < -0.39 is 0 Å². The van der Waals surface area contributed by atoms with Gasteiger partial charge < -0.3 is 5.32 Å². The Morgan fingerprint density at radius 1 is 1.32 bits per heavy atom. The van der Waals surface area contributed by atoms with Gasteiger partial charge in [0.15, 0.2) is 0 Å². The molecule has 106 valence electrons. The second-order valence-electron chi connectivity index (χ2n) is 5.66. The molecule has 0 radical (unpaired) electrons. The number of hydrogen-bond acceptors (Lipinski definition) is 1. The number of alkyl halides is 1. The lowest BCUT2D eigenvalue weighted by molar-refractivity contribution is -0.121. The first kappa shape index (κ1) is 16.0. The molecule has 0 saturated heterocycles. The number of carbonyl (C=O) groups excluding carboxylic acids is 1. The Morgan fingerprint density at radius 3 is 2.58 bits per heavy atom. The lowest BCUT2D eigenvalue weighted by atomic mass is 10.0. The first-order valence-corrected chi connectivity index (χ1v) is 7.37. The Bertz CT molecular complexity index is 429. The fourth-order valence-electron chi connectivity index (χ4n) is 2.17. The van der Waals surface area contributed by atoms with E-state index in [0.717, 1.165) is 17.5 Å². The van der Waals surface area contributed by atoms with E-state index in [1.807, 2.05) is 13.8 Å². The molecule has 0 saturated carbocycles. The predicted molar refractivity (Wildman–Crippen MR) is 81.7 cm³/mol. The highest BCUT2D eigenvalue weighted by molar-refractivity contribution is 6.18. The third-order valence-electron chi connectivity index (χ3n) is 3.16. The van der Waals surface area contributed by atoms with Crippen LogP contribution < -0.4 is 5.32 Å². The number of carbonyl (C=O) groups is 1. The van der Waals surface area contributed by atoms with E-state index >= 15 is 0 Å². The SMILES string of the molecule is Cc1ccc(C)c(CC(=O)NC(CCl)CC(C)C)c1. The number of rotatable bonds is 6. The average Bonchev–Trinajstić information content (AvgIpc) is 2.32. The summed E-state index contributed by atoms with van der Waals surface area (Å²) in [6.07, 6.45) is 1.35. The molecular formula is C16H24ClNO. The Hall–Kier alpha value is -1.02. The zero-order chi connectivity index (χ0) is 14.4. The summed E-state index contributed by atoms with van der Waals surface area (Å²) in [7, 11) is 0. The summed E-state index contributed by atoms with van der Waals surface area (Å²) in [5.41, 5.74) is 3.44. The van der Waals surface area contributed by atoms with Crippen molar-refractivity contribution in [3.05, 3.63) is 34.9 Å². The van der Waals surface area contributed by atoms with Crippen molar-refractivity contribution in [3.8, 4) is 0 Å². The van der Waals surface area contributed by atoms with Crippen LogP contribution in [0.3, 0.4) is 0 Å². The molecule has 1 rings (SSSR count). The summed E-state index contributed by atoms with van der Waals surface area (Å²) in [4.78, 5) is 12.1. The summed E-state index contributed by atoms with van der Waals surface area (Å²) in [5.74, 6) is 1.06. The molecule has 1 N–H and O–H groups in total. The highest BCUT2D eigenvalue weighted by Crippen LogP contribution is 2.12. The number of nitrogens with one attached hydrogen (secondary N) is 1. The van der Waals surface area contributed by atoms with Gasteiger partial charge in [-0.2, -0.15) is 0 Å². The molecule has 1 amide bonds. The summed E-state index contributed by atoms with van der Waals surface area (Å²) in [6, 6.07) is 6.27. The smallest absolute Gasteiger partial charge is 0.224 e. The highest BCUT2D eigenvalue weighted by Gasteiger charge is 2.14. The van der Waals surface area contributed by atoms with Crippen molar-refractivity contribution in [2.45, 2.75) is 46.6 Å². The van der Waals surface area contributed by atoms with Crippen LogP contribution in [0.25, 0.3) is 0 Å². The molecule has 1 aromatic rings. The molecule has 0 fully saturated rings. The van der Waals surface area contributed by atoms with Crippen LogP contribution in [0.1, 0.15) is 37.0 Å². The van der Waals surface area contributed by atoms with Crippen LogP contribution in [0.15, 0.2) is 18.2 Å². The topological polar surface area (TPSA) is 29.1 Å². The Kier molecular flexibility index (Phi) is 6.36. The second-order valence-corrected chi connectivity index (χ2v) is 5.96. The number of hydrogen-bond donors (Lipinski definition) is 1. The maximum atomic E-state index is 12.1. The molecule has 2 nitrogen and oxygen atoms in total. The fourth-order valence-corrected chi connectivity index (χ4v) is 2.38. The maximum absolute atomic E-state index is 12.1. The van der Waals surface area contributed by atoms with Crippen molar-refractivity contribution in [2.75, 3.05) is 5.88 Å². The Morgan fingerprint density at radius 2 is 2.00 bits per heavy atom. The van der Waals surface area contributed by atoms with Crippen molar-refractivity contribution in [3.63, 3.8) is 0 Å². The van der Waals surface area contributed by atoms with Gasteiger partial charge in [-0.05, 0) is 37.3 Å². The van der Waals surface area contributed by atoms with Crippen LogP contribution in [-0.4, -0.2) is 17.8 Å². The maximum Gasteiger partial charge on any atom is 0.224 e. The largest absolute Gasteiger partial charge is 0.352 e. The Balaban J connectivity index is 2.61. The van der Waals surface area contributed by atoms with Gasteiger partial charge in [0.05, 0.1) is 6.42 Å². The fraction of sp³-hybridized carbons (Fsp3) is 0.562. The van der Waals surface area contributed by atoms with Gasteiger partial charge in [-0.25, -0.2) is 0 Å². The monoisotopic (exact) mass is 281 g/mol. The predicted octanol–water partition coefficient (Wildman–Crippen LogP) is 3.62. The molecule has 0 bridgehead atoms. The van der Waals surface area contributed by atoms with Crippen molar-refractivity contribution < 1.29 is 4.79 Å². The van der Waals surface area contributed by atoms with Crippen molar-refractivity contribution >= 4 is 17.5 Å². The molecule has 1 aromatic carbocycles. The molecule has 0 spiro atoms. The van der Waals surface area contributed by atoms with E-state index in [9.17, 15) is 4.79 Å². The summed E-state index contributed by atoms with van der Waals surface area (Å²) in [6.45, 7) is 8.35. The number of benzene rings is 1. The number of halogens is 1. The summed E-state index contributed by atoms with van der Waals surface area (Å²) < 4.78 is 0. The van der Waals surface area contributed by atoms with Gasteiger partial charge in [0.1, 0.15) is 0 Å². The highest BCUT2D eigenvalue weighted by atomic mass is 35.5. The molecular weight excluding hydrogens is 258 g/mol. The van der Waals surface area contributed by atoms with Crippen molar-refractivity contribution in [1.82, 2.24) is 5.32 Å². The van der Waals surface area contributed by atoms with E-state index in [1.165, 1.54) is 5.56 Å². The van der Waals surface area contributed by atoms with Gasteiger partial charge in [0.2, 0.25) is 5.91 Å². The first-order valence-electron chi connectivity index (χ1n) is 6.83. The van der Waals surface area contributed by atoms with E-state index in [0.29, 0.717) is 18.2 Å². The lowest BCUT2D eigenvalue weighted by Crippen LogP contribution is -2.38. The van der Waals surface area contributed by atoms with Gasteiger partial charge in [-0.15, -0.1) is 11.6 Å². The van der Waals surface area contributed by atoms with Crippen LogP contribution in [0.5, 0.6) is 0 Å². The Labute approximate surface area is 121 Å². The van der Waals surface area contributed by atoms with Gasteiger partial charge >= 0.3 is 0 Å². The van der Waals surface area contributed by atoms with E-state index in [4.69, 9.17) is 11.6 Å². The van der Waals surface area contributed by atoms with Gasteiger partial charge in [-0.3, -0.25) is 4.79 Å². The molecule has 0 aliphatic carbocycles. The standard InChI is InChI=1S/C16H24ClNO/c1-11(2)7-15(10-17)18-16(19)9-14-8-12(3)5-6-13(14)4/h5-6,8,11,15H,7,9-10H2,1-4H3,(H,18,19). The molecule has 0 heterocycles. The minimum absolute atomic E-state index is 0.0556. The molecule has 0 aliphatic heterocycles. The van der Waals surface area contributed by atoms with Crippen LogP contribution in [0.4, 0.5) is 0 Å². The van der Waals surface area contributed by atoms with Gasteiger partial charge in [-0.1, -0.05) is 37.6 Å². The van der Waals surface area contributed by atoms with Crippen LogP contribution in [-0.2, 0) is 11.2 Å². The average molecular weight is 282 g/mol. The van der Waals surface area contributed by atoms with Crippen LogP contribution in [0, 0.1) is 19.8 Å². The third kappa shape index (κ3) is 5.65. The van der Waals surface area contributed by atoms with E-state index in [-0.39, 0.29) is 11.9 Å². The minimum Gasteiger partial charge on any atom is -0.352 e. The minimum atomic E-state index is 0.0556. The zero-order valence-electron chi connectivity index (χ0n) is 12.3. The second kappa shape index (κ2) is 7.54. The molecule has 19 heavy (non-hydrogen) atoms. The third-order valence-corrected chi connectivity index (χ3v) is 3.54. The molecule has 0 aliphatic rings. The summed E-state index contributed by atoms with van der Waals surface area (Å²) in [5, 5.41) is 3.02. The van der Waals surface area contributed by atoms with Crippen molar-refractivity contribution in [1.29, 1.82) is 0 Å². The first-order chi connectivity index (χ1) is 8.92. The molecule has 3 heteroatoms. The number of aryl methyl sites for hydroxylation is 2. The molecule has 1 unspecified atom stereocenters. The summed E-state index contributed by atoms with van der Waals surface area (Å²) >= 11 is 5.90.